The molecule has 178 valence electrons. The van der Waals surface area contributed by atoms with Crippen LogP contribution in [0.1, 0.15) is 71.6 Å². The average molecular weight is 558 g/mol. The van der Waals surface area contributed by atoms with Gasteiger partial charge in [0.05, 0.1) is 5.75 Å². The van der Waals surface area contributed by atoms with E-state index in [0.29, 0.717) is 25.6 Å². The van der Waals surface area contributed by atoms with Gasteiger partial charge in [0.25, 0.3) is 0 Å². The summed E-state index contributed by atoms with van der Waals surface area (Å²) in [6.45, 7) is 10.7. The fourth-order valence-corrected chi connectivity index (χ4v) is 5.72. The summed E-state index contributed by atoms with van der Waals surface area (Å²) in [7, 11) is -3.07. The van der Waals surface area contributed by atoms with Crippen molar-refractivity contribution in [3.05, 3.63) is 0 Å². The molecular formula is C21H44IN5O2S. The van der Waals surface area contributed by atoms with Crippen LogP contribution >= 0.6 is 24.0 Å². The molecule has 0 aromatic carbocycles. The molecule has 0 spiro atoms. The van der Waals surface area contributed by atoms with Gasteiger partial charge in [0, 0.05) is 32.2 Å². The first-order valence-corrected chi connectivity index (χ1v) is 13.4. The van der Waals surface area contributed by atoms with E-state index in [-0.39, 0.29) is 29.7 Å². The minimum Gasteiger partial charge on any atom is -0.357 e. The number of nitrogens with zero attached hydrogens (tertiary/aromatic N) is 3. The molecule has 0 aromatic rings. The number of guanidine groups is 1. The van der Waals surface area contributed by atoms with Crippen molar-refractivity contribution < 1.29 is 8.42 Å². The Morgan fingerprint density at radius 1 is 1.00 bits per heavy atom. The Hall–Kier alpha value is -0.130. The third kappa shape index (κ3) is 10.5. The van der Waals surface area contributed by atoms with E-state index in [1.54, 1.807) is 4.31 Å². The van der Waals surface area contributed by atoms with E-state index in [0.717, 1.165) is 38.3 Å². The molecule has 0 aliphatic carbocycles. The van der Waals surface area contributed by atoms with E-state index in [4.69, 9.17) is 4.99 Å². The van der Waals surface area contributed by atoms with Crippen LogP contribution in [0.2, 0.25) is 0 Å². The number of unbranched alkanes of at least 4 members (excludes halogenated alkanes) is 2. The van der Waals surface area contributed by atoms with E-state index in [9.17, 15) is 8.42 Å². The predicted molar refractivity (Wildman–Crippen MR) is 137 cm³/mol. The fourth-order valence-electron chi connectivity index (χ4n) is 4.18. The number of hydrogen-bond donors (Lipinski definition) is 2. The molecule has 0 saturated carbocycles. The van der Waals surface area contributed by atoms with Gasteiger partial charge in [-0.3, -0.25) is 4.99 Å². The smallest absolute Gasteiger partial charge is 0.214 e. The van der Waals surface area contributed by atoms with E-state index < -0.39 is 10.0 Å². The maximum Gasteiger partial charge on any atom is 0.214 e. The van der Waals surface area contributed by atoms with Gasteiger partial charge < -0.3 is 15.5 Å². The van der Waals surface area contributed by atoms with Crippen molar-refractivity contribution in [3.8, 4) is 0 Å². The Bertz CT molecular complexity index is 574. The maximum atomic E-state index is 12.2. The van der Waals surface area contributed by atoms with Crippen molar-refractivity contribution in [1.29, 1.82) is 0 Å². The topological polar surface area (TPSA) is 77.0 Å². The molecule has 2 aliphatic heterocycles. The van der Waals surface area contributed by atoms with Crippen LogP contribution in [0.5, 0.6) is 0 Å². The second-order valence-corrected chi connectivity index (χ2v) is 10.4. The van der Waals surface area contributed by atoms with Crippen LogP contribution in [0.25, 0.3) is 0 Å². The van der Waals surface area contributed by atoms with E-state index in [2.05, 4.69) is 22.5 Å². The molecule has 7 nitrogen and oxygen atoms in total. The summed E-state index contributed by atoms with van der Waals surface area (Å²) in [5.41, 5.74) is 0. The number of aliphatic imine (C=N–C) groups is 1. The molecule has 0 bridgehead atoms. The van der Waals surface area contributed by atoms with Gasteiger partial charge in [0.1, 0.15) is 0 Å². The highest BCUT2D eigenvalue weighted by Crippen LogP contribution is 2.15. The lowest BCUT2D eigenvalue weighted by Gasteiger charge is -2.32. The summed E-state index contributed by atoms with van der Waals surface area (Å²) < 4.78 is 26.1. The Balaban J connectivity index is 0.00000450. The van der Waals surface area contributed by atoms with Crippen molar-refractivity contribution in [2.45, 2.75) is 77.7 Å². The zero-order chi connectivity index (χ0) is 21.0. The largest absolute Gasteiger partial charge is 0.357 e. The van der Waals surface area contributed by atoms with Crippen LogP contribution in [0.3, 0.4) is 0 Å². The van der Waals surface area contributed by atoms with E-state index in [1.165, 1.54) is 51.7 Å². The molecule has 30 heavy (non-hydrogen) atoms. The Morgan fingerprint density at radius 2 is 1.70 bits per heavy atom. The second-order valence-electron chi connectivity index (χ2n) is 8.36. The third-order valence-electron chi connectivity index (χ3n) is 5.85. The van der Waals surface area contributed by atoms with Crippen LogP contribution in [0, 0.1) is 0 Å². The average Bonchev–Trinajstić information content (AvgIpc) is 2.72. The molecule has 2 fully saturated rings. The molecule has 0 radical (unpaired) electrons. The number of rotatable bonds is 11. The highest BCUT2D eigenvalue weighted by molar-refractivity contribution is 14.0. The first kappa shape index (κ1) is 27.9. The van der Waals surface area contributed by atoms with Crippen LogP contribution < -0.4 is 10.6 Å². The van der Waals surface area contributed by atoms with Crippen molar-refractivity contribution in [2.75, 3.05) is 51.6 Å². The lowest BCUT2D eigenvalue weighted by Crippen LogP contribution is -2.50. The van der Waals surface area contributed by atoms with Crippen LogP contribution in [-0.2, 0) is 10.0 Å². The van der Waals surface area contributed by atoms with E-state index >= 15 is 0 Å². The van der Waals surface area contributed by atoms with Crippen LogP contribution in [0.15, 0.2) is 4.99 Å². The van der Waals surface area contributed by atoms with Gasteiger partial charge in [0.15, 0.2) is 5.96 Å². The molecular weight excluding hydrogens is 513 g/mol. The molecule has 0 aromatic heterocycles. The van der Waals surface area contributed by atoms with Crippen molar-refractivity contribution in [1.82, 2.24) is 19.8 Å². The van der Waals surface area contributed by atoms with Crippen LogP contribution in [0.4, 0.5) is 0 Å². The van der Waals surface area contributed by atoms with Gasteiger partial charge in [-0.25, -0.2) is 12.7 Å². The van der Waals surface area contributed by atoms with Crippen molar-refractivity contribution in [2.24, 2.45) is 4.99 Å². The maximum absolute atomic E-state index is 12.2. The van der Waals surface area contributed by atoms with Gasteiger partial charge in [0.2, 0.25) is 10.0 Å². The summed E-state index contributed by atoms with van der Waals surface area (Å²) in [5.74, 6) is 1.13. The SMILES string of the molecule is CCCS(=O)(=O)N1CCC(NC(=NCCCCCN2CCCCC2)NCC)CC1.I. The minimum atomic E-state index is -3.07. The van der Waals surface area contributed by atoms with Crippen LogP contribution in [-0.4, -0.2) is 81.2 Å². The monoisotopic (exact) mass is 557 g/mol. The Kier molecular flexibility index (Phi) is 14.5. The van der Waals surface area contributed by atoms with Gasteiger partial charge in [-0.1, -0.05) is 19.8 Å². The molecule has 9 heteroatoms. The summed E-state index contributed by atoms with van der Waals surface area (Å²) in [4.78, 5) is 7.34. The highest BCUT2D eigenvalue weighted by atomic mass is 127. The third-order valence-corrected chi connectivity index (χ3v) is 7.92. The number of piperidine rings is 2. The molecule has 2 heterocycles. The van der Waals surface area contributed by atoms with Crippen molar-refractivity contribution >= 4 is 40.0 Å². The normalized spacial score (nSPS) is 20.0. The zero-order valence-corrected chi connectivity index (χ0v) is 22.2. The Labute approximate surface area is 201 Å². The Morgan fingerprint density at radius 3 is 2.33 bits per heavy atom. The van der Waals surface area contributed by atoms with Gasteiger partial charge in [-0.2, -0.15) is 0 Å². The predicted octanol–water partition coefficient (Wildman–Crippen LogP) is 3.02. The van der Waals surface area contributed by atoms with Gasteiger partial charge in [-0.05, 0) is 71.5 Å². The van der Waals surface area contributed by atoms with Crippen molar-refractivity contribution in [3.63, 3.8) is 0 Å². The second kappa shape index (κ2) is 15.6. The lowest BCUT2D eigenvalue weighted by molar-refractivity contribution is 0.224. The number of likely N-dealkylation sites (tertiary alicyclic amines) is 1. The number of nitrogens with one attached hydrogen (secondary N) is 2. The lowest BCUT2D eigenvalue weighted by atomic mass is 10.1. The standard InChI is InChI=1S/C21H43N5O2S.HI/c1-3-19-29(27,28)26-17-11-20(12-18-26)24-21(22-4-2)23-13-7-5-8-14-25-15-9-6-10-16-25;/h20H,3-19H2,1-2H3,(H2,22,23,24);1H. The number of sulfonamides is 1. The molecule has 0 amide bonds. The molecule has 2 rings (SSSR count). The van der Waals surface area contributed by atoms with Gasteiger partial charge in [-0.15, -0.1) is 24.0 Å². The summed E-state index contributed by atoms with van der Waals surface area (Å²) >= 11 is 0. The molecule has 2 N–H and O–H groups in total. The summed E-state index contributed by atoms with van der Waals surface area (Å²) in [6, 6.07) is 0.292. The molecule has 0 unspecified atom stereocenters. The first-order chi connectivity index (χ1) is 14.0. The number of halogens is 1. The number of hydrogen-bond acceptors (Lipinski definition) is 4. The summed E-state index contributed by atoms with van der Waals surface area (Å²) in [6.07, 6.45) is 10.1. The van der Waals surface area contributed by atoms with Gasteiger partial charge >= 0.3 is 0 Å². The summed E-state index contributed by atoms with van der Waals surface area (Å²) in [5, 5.41) is 6.85. The zero-order valence-electron chi connectivity index (χ0n) is 19.1. The first-order valence-electron chi connectivity index (χ1n) is 11.8. The highest BCUT2D eigenvalue weighted by Gasteiger charge is 2.27. The van der Waals surface area contributed by atoms with E-state index in [1.807, 2.05) is 6.92 Å². The quantitative estimate of drug-likeness (QED) is 0.177. The molecule has 2 aliphatic rings. The minimum absolute atomic E-state index is 0. The molecule has 2 saturated heterocycles. The molecule has 0 atom stereocenters. The fraction of sp³-hybridized carbons (Fsp3) is 0.952.